The topological polar surface area (TPSA) is 99.8 Å². The van der Waals surface area contributed by atoms with Gasteiger partial charge in [0.2, 0.25) is 5.91 Å². The molecule has 0 aliphatic carbocycles. The van der Waals surface area contributed by atoms with Gasteiger partial charge in [-0.1, -0.05) is 18.2 Å². The predicted molar refractivity (Wildman–Crippen MR) is 163 cm³/mol. The van der Waals surface area contributed by atoms with Gasteiger partial charge in [0.15, 0.2) is 0 Å². The number of imidazole rings is 1. The molecule has 228 valence electrons. The zero-order valence-electron chi connectivity index (χ0n) is 25.0. The van der Waals surface area contributed by atoms with E-state index in [1.54, 1.807) is 11.8 Å². The van der Waals surface area contributed by atoms with E-state index in [1.807, 2.05) is 30.3 Å². The minimum atomic E-state index is -0.892. The maximum atomic E-state index is 13.9. The molecule has 2 N–H and O–H groups in total. The van der Waals surface area contributed by atoms with Crippen molar-refractivity contribution < 1.29 is 23.5 Å². The molecule has 6 rings (SSSR count). The van der Waals surface area contributed by atoms with Crippen LogP contribution in [0.4, 0.5) is 14.9 Å². The largest absolute Gasteiger partial charge is 0.453 e. The summed E-state index contributed by atoms with van der Waals surface area (Å²) in [6.45, 7) is 2.29. The average Bonchev–Trinajstić information content (AvgIpc) is 3.81. The van der Waals surface area contributed by atoms with Crippen molar-refractivity contribution in [1.29, 1.82) is 0 Å². The summed E-state index contributed by atoms with van der Waals surface area (Å²) >= 11 is 0. The number of methoxy groups -OCH3 is 2. The summed E-state index contributed by atoms with van der Waals surface area (Å²) in [5.74, 6) is 0.204. The standard InChI is InChI=1S/C34H36FN5O4/c1-21(43-2)31(38-34(42)44-3)33(41)39-19-7-10-30(39)32-36-26-16-11-23(20-27(26)37-32)29-18-17-28(22-8-5-4-6-9-22)40(29)25-14-12-24(35)13-15-25/h5,8-9,11-16,20-21,28-31H,7,10,17-19H2,1-3H3,(H,36,37)(H,38,42)/t21?,28-,29-,30+,31+/m1/s1. The summed E-state index contributed by atoms with van der Waals surface area (Å²) in [6.07, 6.45) is 2.18. The van der Waals surface area contributed by atoms with Crippen molar-refractivity contribution in [2.45, 2.75) is 62.9 Å². The van der Waals surface area contributed by atoms with Crippen LogP contribution in [-0.4, -0.2) is 59.8 Å². The highest BCUT2D eigenvalue weighted by Gasteiger charge is 2.39. The molecule has 10 heteroatoms. The minimum Gasteiger partial charge on any atom is -0.453 e. The lowest BCUT2D eigenvalue weighted by Crippen LogP contribution is -2.54. The number of hydrogen-bond acceptors (Lipinski definition) is 6. The molecule has 1 aromatic heterocycles. The lowest BCUT2D eigenvalue weighted by atomic mass is 10.0. The molecule has 44 heavy (non-hydrogen) atoms. The van der Waals surface area contributed by atoms with Gasteiger partial charge in [0.25, 0.3) is 0 Å². The number of benzene rings is 2. The number of amides is 2. The van der Waals surface area contributed by atoms with Crippen LogP contribution in [0.1, 0.15) is 67.7 Å². The Labute approximate surface area is 256 Å². The molecule has 2 saturated heterocycles. The third kappa shape index (κ3) is 5.67. The first kappa shape index (κ1) is 29.5. The number of likely N-dealkylation sites (tertiary alicyclic amines) is 1. The monoisotopic (exact) mass is 597 g/mol. The highest BCUT2D eigenvalue weighted by Crippen LogP contribution is 2.47. The molecule has 2 fully saturated rings. The van der Waals surface area contributed by atoms with E-state index in [9.17, 15) is 14.0 Å². The van der Waals surface area contributed by atoms with E-state index < -0.39 is 18.2 Å². The van der Waals surface area contributed by atoms with E-state index in [4.69, 9.17) is 14.5 Å². The van der Waals surface area contributed by atoms with Gasteiger partial charge in [0.05, 0.1) is 42.4 Å². The number of fused-ring (bicyclic) bond motifs is 1. The predicted octanol–water partition coefficient (Wildman–Crippen LogP) is 5.81. The molecule has 2 amide bonds. The Kier molecular flexibility index (Phi) is 8.40. The first-order valence-corrected chi connectivity index (χ1v) is 15.0. The number of ether oxygens (including phenoxy) is 2. The van der Waals surface area contributed by atoms with Gasteiger partial charge in [-0.05, 0) is 98.3 Å². The quantitative estimate of drug-likeness (QED) is 0.266. The second-order valence-electron chi connectivity index (χ2n) is 11.4. The summed E-state index contributed by atoms with van der Waals surface area (Å²) in [7, 11) is 2.77. The van der Waals surface area contributed by atoms with Gasteiger partial charge < -0.3 is 29.6 Å². The molecule has 5 atom stereocenters. The molecule has 0 spiro atoms. The van der Waals surface area contributed by atoms with Crippen LogP contribution in [0, 0.1) is 17.9 Å². The van der Waals surface area contributed by atoms with Crippen LogP contribution in [0.15, 0.2) is 60.7 Å². The number of alkyl carbamates (subject to hydrolysis) is 1. The molecule has 2 aliphatic rings. The van der Waals surface area contributed by atoms with Crippen molar-refractivity contribution >= 4 is 28.7 Å². The Morgan fingerprint density at radius 3 is 2.50 bits per heavy atom. The summed E-state index contributed by atoms with van der Waals surface area (Å²) < 4.78 is 24.0. The van der Waals surface area contributed by atoms with Crippen LogP contribution < -0.4 is 10.2 Å². The number of halogens is 1. The molecular formula is C34H36FN5O4. The fraction of sp³-hybridized carbons (Fsp3) is 0.382. The van der Waals surface area contributed by atoms with E-state index in [2.05, 4.69) is 45.5 Å². The number of carbonyl (C=O) groups excluding carboxylic acids is 2. The van der Waals surface area contributed by atoms with Gasteiger partial charge >= 0.3 is 6.09 Å². The molecular weight excluding hydrogens is 561 g/mol. The van der Waals surface area contributed by atoms with Crippen molar-refractivity contribution in [3.63, 3.8) is 0 Å². The SMILES string of the molecule is COC(=O)N[C@H](C(=O)N1CCC[C@H]1c1nc2ccc([C@H]3CC[C@H](c4cc#ccc4)N3c3ccc(F)cc3)cc2[nH]1)C(C)OC. The first-order valence-electron chi connectivity index (χ1n) is 15.0. The fourth-order valence-electron chi connectivity index (χ4n) is 6.61. The number of carbonyl (C=O) groups is 2. The zero-order valence-corrected chi connectivity index (χ0v) is 25.0. The van der Waals surface area contributed by atoms with Gasteiger partial charge in [0, 0.05) is 19.3 Å². The third-order valence-corrected chi connectivity index (χ3v) is 8.90. The van der Waals surface area contributed by atoms with Gasteiger partial charge in [-0.15, -0.1) is 0 Å². The van der Waals surface area contributed by atoms with E-state index in [1.165, 1.54) is 26.4 Å². The molecule has 2 aliphatic heterocycles. The van der Waals surface area contributed by atoms with E-state index in [0.717, 1.165) is 53.5 Å². The van der Waals surface area contributed by atoms with E-state index in [0.29, 0.717) is 12.4 Å². The highest BCUT2D eigenvalue weighted by atomic mass is 19.1. The molecule has 3 aromatic carbocycles. The Hall–Kier alpha value is -4.62. The van der Waals surface area contributed by atoms with Crippen molar-refractivity contribution in [3.8, 4) is 0 Å². The van der Waals surface area contributed by atoms with Crippen molar-refractivity contribution in [1.82, 2.24) is 20.2 Å². The van der Waals surface area contributed by atoms with E-state index >= 15 is 0 Å². The number of H-pyrrole nitrogens is 1. The van der Waals surface area contributed by atoms with Crippen LogP contribution in [-0.2, 0) is 14.3 Å². The summed E-state index contributed by atoms with van der Waals surface area (Å²) in [5.41, 5.74) is 4.93. The lowest BCUT2D eigenvalue weighted by molar-refractivity contribution is -0.137. The Morgan fingerprint density at radius 2 is 1.80 bits per heavy atom. The van der Waals surface area contributed by atoms with Crippen LogP contribution in [0.3, 0.4) is 0 Å². The van der Waals surface area contributed by atoms with Gasteiger partial charge in [0.1, 0.15) is 17.7 Å². The smallest absolute Gasteiger partial charge is 0.407 e. The second-order valence-corrected chi connectivity index (χ2v) is 11.4. The summed E-state index contributed by atoms with van der Waals surface area (Å²) in [4.78, 5) is 38.2. The number of nitrogens with one attached hydrogen (secondary N) is 2. The third-order valence-electron chi connectivity index (χ3n) is 8.90. The molecule has 9 nitrogen and oxygen atoms in total. The first-order chi connectivity index (χ1) is 21.4. The normalized spacial score (nSPS) is 21.2. The van der Waals surface area contributed by atoms with Gasteiger partial charge in [-0.25, -0.2) is 14.2 Å². The molecule has 4 aromatic rings. The second kappa shape index (κ2) is 12.5. The number of hydrogen-bond donors (Lipinski definition) is 2. The number of aromatic amines is 1. The average molecular weight is 598 g/mol. The molecule has 3 heterocycles. The molecule has 0 radical (unpaired) electrons. The Morgan fingerprint density at radius 1 is 1.02 bits per heavy atom. The van der Waals surface area contributed by atoms with E-state index in [-0.39, 0.29) is 29.8 Å². The van der Waals surface area contributed by atoms with Crippen LogP contribution in [0.2, 0.25) is 0 Å². The van der Waals surface area contributed by atoms with Crippen LogP contribution in [0.25, 0.3) is 11.0 Å². The highest BCUT2D eigenvalue weighted by molar-refractivity contribution is 5.87. The summed E-state index contributed by atoms with van der Waals surface area (Å²) in [6, 6.07) is 24.0. The van der Waals surface area contributed by atoms with Crippen molar-refractivity contribution in [2.24, 2.45) is 0 Å². The lowest BCUT2D eigenvalue weighted by Gasteiger charge is -2.33. The Balaban J connectivity index is 1.29. The number of anilines is 1. The summed E-state index contributed by atoms with van der Waals surface area (Å²) in [5, 5.41) is 2.63. The number of rotatable bonds is 8. The van der Waals surface area contributed by atoms with Crippen molar-refractivity contribution in [3.05, 3.63) is 95.6 Å². The zero-order chi connectivity index (χ0) is 30.8. The van der Waals surface area contributed by atoms with Crippen LogP contribution >= 0.6 is 0 Å². The van der Waals surface area contributed by atoms with Gasteiger partial charge in [-0.2, -0.15) is 0 Å². The van der Waals surface area contributed by atoms with Crippen LogP contribution in [0.5, 0.6) is 0 Å². The number of nitrogens with zero attached hydrogens (tertiary/aromatic N) is 3. The maximum Gasteiger partial charge on any atom is 0.407 e. The number of aromatic nitrogens is 2. The Bertz CT molecular complexity index is 1610. The van der Waals surface area contributed by atoms with Gasteiger partial charge in [-0.3, -0.25) is 4.79 Å². The van der Waals surface area contributed by atoms with Crippen molar-refractivity contribution in [2.75, 3.05) is 25.7 Å². The minimum absolute atomic E-state index is 0.0658. The fourth-order valence-corrected chi connectivity index (χ4v) is 6.61. The molecule has 0 saturated carbocycles. The molecule has 0 bridgehead atoms. The maximum absolute atomic E-state index is 13.9. The molecule has 1 unspecified atom stereocenters.